The maximum atomic E-state index is 12.2. The lowest BCUT2D eigenvalue weighted by molar-refractivity contribution is 0.0304. The van der Waals surface area contributed by atoms with E-state index in [0.29, 0.717) is 17.1 Å². The van der Waals surface area contributed by atoms with Crippen LogP contribution in [0.3, 0.4) is 0 Å². The van der Waals surface area contributed by atoms with Gasteiger partial charge in [-0.15, -0.1) is 0 Å². The molecule has 20 heavy (non-hydrogen) atoms. The van der Waals surface area contributed by atoms with E-state index in [9.17, 15) is 9.59 Å². The first-order valence-electron chi connectivity index (χ1n) is 6.43. The van der Waals surface area contributed by atoms with Crippen molar-refractivity contribution < 1.29 is 14.3 Å². The van der Waals surface area contributed by atoms with E-state index in [1.807, 2.05) is 6.07 Å². The number of Topliss-reactive ketones (excluding diaryl/α,β-unsaturated/α-hetero) is 1. The number of carbonyl (C=O) groups excluding carboxylic acids is 2. The third-order valence-electron chi connectivity index (χ3n) is 2.92. The fourth-order valence-electron chi connectivity index (χ4n) is 1.91. The number of thiocarbonyl (C=S) groups is 1. The molecule has 0 spiro atoms. The molecule has 1 unspecified atom stereocenters. The normalized spacial score (nSPS) is 18.4. The molecular formula is C15H17NO3S. The van der Waals surface area contributed by atoms with Crippen molar-refractivity contribution in [3.8, 4) is 0 Å². The molecule has 106 valence electrons. The third kappa shape index (κ3) is 3.04. The van der Waals surface area contributed by atoms with E-state index >= 15 is 0 Å². The molecule has 5 heteroatoms. The lowest BCUT2D eigenvalue weighted by atomic mass is 9.91. The second-order valence-electron chi connectivity index (χ2n) is 5.71. The molecule has 0 saturated carbocycles. The first-order valence-corrected chi connectivity index (χ1v) is 6.84. The number of ketones is 1. The van der Waals surface area contributed by atoms with Crippen molar-refractivity contribution in [1.29, 1.82) is 0 Å². The number of ether oxygens (including phenoxy) is 1. The summed E-state index contributed by atoms with van der Waals surface area (Å²) >= 11 is 5.17. The Bertz CT molecular complexity index is 548. The Labute approximate surface area is 123 Å². The Balaban J connectivity index is 1.99. The fraction of sp³-hybridized carbons (Fsp3) is 0.400. The van der Waals surface area contributed by atoms with Crippen LogP contribution in [0.5, 0.6) is 0 Å². The molecule has 1 heterocycles. The van der Waals surface area contributed by atoms with Crippen LogP contribution in [0.2, 0.25) is 0 Å². The van der Waals surface area contributed by atoms with Gasteiger partial charge in [-0.1, -0.05) is 42.5 Å². The highest BCUT2D eigenvalue weighted by atomic mass is 32.1. The molecule has 4 nitrogen and oxygen atoms in total. The van der Waals surface area contributed by atoms with Gasteiger partial charge < -0.3 is 4.74 Å². The average Bonchev–Trinajstić information content (AvgIpc) is 2.35. The van der Waals surface area contributed by atoms with Gasteiger partial charge in [0.1, 0.15) is 10.6 Å². The SMILES string of the molecule is CC(C)(C)OC(=O)N1CC(C(=O)c2ccccc2)C1=S. The smallest absolute Gasteiger partial charge is 0.415 e. The second kappa shape index (κ2) is 5.32. The van der Waals surface area contributed by atoms with Crippen LogP contribution in [-0.4, -0.2) is 33.9 Å². The summed E-state index contributed by atoms with van der Waals surface area (Å²) in [6.45, 7) is 5.67. The summed E-state index contributed by atoms with van der Waals surface area (Å²) in [4.78, 5) is 25.8. The maximum Gasteiger partial charge on any atom is 0.415 e. The number of likely N-dealkylation sites (tertiary alicyclic amines) is 1. The summed E-state index contributed by atoms with van der Waals surface area (Å²) in [7, 11) is 0. The number of hydrogen-bond acceptors (Lipinski definition) is 4. The molecule has 1 saturated heterocycles. The van der Waals surface area contributed by atoms with Crippen LogP contribution in [0.15, 0.2) is 30.3 Å². The molecule has 1 aliphatic rings. The van der Waals surface area contributed by atoms with Crippen LogP contribution in [0.25, 0.3) is 0 Å². The Hall–Kier alpha value is -1.75. The van der Waals surface area contributed by atoms with Crippen molar-refractivity contribution in [3.05, 3.63) is 35.9 Å². The van der Waals surface area contributed by atoms with E-state index in [-0.39, 0.29) is 5.78 Å². The van der Waals surface area contributed by atoms with Crippen LogP contribution in [0, 0.1) is 5.92 Å². The third-order valence-corrected chi connectivity index (χ3v) is 3.42. The van der Waals surface area contributed by atoms with E-state index < -0.39 is 17.6 Å². The molecular weight excluding hydrogens is 274 g/mol. The Morgan fingerprint density at radius 2 is 1.85 bits per heavy atom. The summed E-state index contributed by atoms with van der Waals surface area (Å²) in [6, 6.07) is 8.96. The van der Waals surface area contributed by atoms with E-state index in [0.717, 1.165) is 0 Å². The minimum absolute atomic E-state index is 0.0459. The zero-order valence-corrected chi connectivity index (χ0v) is 12.6. The topological polar surface area (TPSA) is 46.6 Å². The first-order chi connectivity index (χ1) is 9.29. The Morgan fingerprint density at radius 3 is 2.35 bits per heavy atom. The minimum atomic E-state index is -0.568. The summed E-state index contributed by atoms with van der Waals surface area (Å²) in [6.07, 6.45) is -0.486. The van der Waals surface area contributed by atoms with Gasteiger partial charge in [0.2, 0.25) is 0 Å². The van der Waals surface area contributed by atoms with Crippen molar-refractivity contribution in [3.63, 3.8) is 0 Å². The number of rotatable bonds is 2. The van der Waals surface area contributed by atoms with Crippen molar-refractivity contribution in [1.82, 2.24) is 4.90 Å². The summed E-state index contributed by atoms with van der Waals surface area (Å²) < 4.78 is 5.23. The maximum absolute atomic E-state index is 12.2. The molecule has 1 aliphatic heterocycles. The number of hydrogen-bond donors (Lipinski definition) is 0. The fourth-order valence-corrected chi connectivity index (χ4v) is 2.24. The summed E-state index contributed by atoms with van der Waals surface area (Å²) in [5, 5.41) is 0. The van der Waals surface area contributed by atoms with Crippen molar-refractivity contribution in [2.45, 2.75) is 26.4 Å². The standard InChI is InChI=1S/C15H17NO3S/c1-15(2,3)19-14(18)16-9-11(13(16)20)12(17)10-7-5-4-6-8-10/h4-8,11H,9H2,1-3H3. The quantitative estimate of drug-likeness (QED) is 0.620. The monoisotopic (exact) mass is 291 g/mol. The molecule has 2 rings (SSSR count). The van der Waals surface area contributed by atoms with Gasteiger partial charge >= 0.3 is 6.09 Å². The zero-order valence-electron chi connectivity index (χ0n) is 11.8. The van der Waals surface area contributed by atoms with Gasteiger partial charge in [0.15, 0.2) is 5.78 Å². The molecule has 0 bridgehead atoms. The van der Waals surface area contributed by atoms with Crippen LogP contribution in [0.4, 0.5) is 4.79 Å². The molecule has 1 atom stereocenters. The molecule has 0 N–H and O–H groups in total. The van der Waals surface area contributed by atoms with E-state index in [1.165, 1.54) is 4.90 Å². The number of benzene rings is 1. The lowest BCUT2D eigenvalue weighted by Gasteiger charge is -2.39. The molecule has 1 amide bonds. The number of amides is 1. The van der Waals surface area contributed by atoms with Gasteiger partial charge in [-0.05, 0) is 20.8 Å². The predicted octanol–water partition coefficient (Wildman–Crippen LogP) is 3.06. The van der Waals surface area contributed by atoms with Gasteiger partial charge in [-0.3, -0.25) is 9.69 Å². The number of carbonyl (C=O) groups is 2. The number of nitrogens with zero attached hydrogens (tertiary/aromatic N) is 1. The molecule has 1 aromatic carbocycles. The summed E-state index contributed by atoms with van der Waals surface area (Å²) in [5.41, 5.74) is 0.0463. The van der Waals surface area contributed by atoms with Crippen molar-refractivity contribution in [2.75, 3.05) is 6.54 Å². The van der Waals surface area contributed by atoms with E-state index in [1.54, 1.807) is 45.0 Å². The van der Waals surface area contributed by atoms with Crippen molar-refractivity contribution in [2.24, 2.45) is 5.92 Å². The molecule has 0 radical (unpaired) electrons. The van der Waals surface area contributed by atoms with Crippen LogP contribution in [0.1, 0.15) is 31.1 Å². The van der Waals surface area contributed by atoms with Crippen molar-refractivity contribution >= 4 is 29.1 Å². The molecule has 1 aromatic rings. The largest absolute Gasteiger partial charge is 0.443 e. The first kappa shape index (κ1) is 14.7. The van der Waals surface area contributed by atoms with Crippen LogP contribution < -0.4 is 0 Å². The minimum Gasteiger partial charge on any atom is -0.443 e. The van der Waals surface area contributed by atoms with Crippen LogP contribution in [-0.2, 0) is 4.74 Å². The highest BCUT2D eigenvalue weighted by molar-refractivity contribution is 7.80. The summed E-state index contributed by atoms with van der Waals surface area (Å²) in [5.74, 6) is -0.449. The average molecular weight is 291 g/mol. The van der Waals surface area contributed by atoms with Crippen LogP contribution >= 0.6 is 12.2 Å². The lowest BCUT2D eigenvalue weighted by Crippen LogP contribution is -2.58. The van der Waals surface area contributed by atoms with Gasteiger partial charge in [0, 0.05) is 12.1 Å². The predicted molar refractivity (Wildman–Crippen MR) is 79.8 cm³/mol. The molecule has 0 aromatic heterocycles. The van der Waals surface area contributed by atoms with E-state index in [2.05, 4.69) is 0 Å². The highest BCUT2D eigenvalue weighted by Crippen LogP contribution is 2.25. The van der Waals surface area contributed by atoms with Gasteiger partial charge in [-0.2, -0.15) is 0 Å². The second-order valence-corrected chi connectivity index (χ2v) is 6.13. The highest BCUT2D eigenvalue weighted by Gasteiger charge is 2.43. The molecule has 1 fully saturated rings. The van der Waals surface area contributed by atoms with Gasteiger partial charge in [0.05, 0.1) is 5.92 Å². The zero-order chi connectivity index (χ0) is 14.9. The Kier molecular flexibility index (Phi) is 3.90. The van der Waals surface area contributed by atoms with E-state index in [4.69, 9.17) is 17.0 Å². The van der Waals surface area contributed by atoms with Gasteiger partial charge in [-0.25, -0.2) is 4.79 Å². The van der Waals surface area contributed by atoms with Gasteiger partial charge in [0.25, 0.3) is 0 Å². The Morgan fingerprint density at radius 1 is 1.25 bits per heavy atom. The molecule has 0 aliphatic carbocycles.